The summed E-state index contributed by atoms with van der Waals surface area (Å²) in [4.78, 5) is 33.1. The van der Waals surface area contributed by atoms with E-state index in [-0.39, 0.29) is 17.2 Å². The minimum atomic E-state index is 0.00637. The molecule has 0 unspecified atom stereocenters. The minimum Gasteiger partial charge on any atom is -0.493 e. The van der Waals surface area contributed by atoms with Crippen LogP contribution >= 0.6 is 0 Å². The summed E-state index contributed by atoms with van der Waals surface area (Å²) in [6.07, 6.45) is 9.31. The van der Waals surface area contributed by atoms with Gasteiger partial charge in [0.25, 0.3) is 11.6 Å². The Bertz CT molecular complexity index is 1350. The Morgan fingerprint density at radius 3 is 2.72 bits per heavy atom. The molecule has 0 bridgehead atoms. The van der Waals surface area contributed by atoms with E-state index < -0.39 is 0 Å². The fourth-order valence-corrected chi connectivity index (χ4v) is 6.20. The molecular formula is C31H38N4O4. The van der Waals surface area contributed by atoms with Gasteiger partial charge >= 0.3 is 0 Å². The van der Waals surface area contributed by atoms with E-state index in [1.54, 1.807) is 0 Å². The highest BCUT2D eigenvalue weighted by molar-refractivity contribution is 6.06. The van der Waals surface area contributed by atoms with Gasteiger partial charge in [-0.2, -0.15) is 0 Å². The third kappa shape index (κ3) is 5.65. The molecule has 39 heavy (non-hydrogen) atoms. The van der Waals surface area contributed by atoms with Gasteiger partial charge in [0, 0.05) is 37.7 Å². The fraction of sp³-hybridized carbons (Fsp3) is 0.548. The number of carbonyl (C=O) groups excluding carboxylic acids is 2. The van der Waals surface area contributed by atoms with E-state index >= 15 is 0 Å². The lowest BCUT2D eigenvalue weighted by molar-refractivity contribution is -0.122. The Labute approximate surface area is 229 Å². The lowest BCUT2D eigenvalue weighted by Crippen LogP contribution is -2.48. The van der Waals surface area contributed by atoms with Crippen LogP contribution in [-0.4, -0.2) is 53.1 Å². The number of hydrogen-bond acceptors (Lipinski definition) is 6. The van der Waals surface area contributed by atoms with E-state index in [2.05, 4.69) is 27.6 Å². The second kappa shape index (κ2) is 11.0. The molecule has 2 fully saturated rings. The molecule has 1 N–H and O–H groups in total. The topological polar surface area (TPSA) is 97.6 Å². The molecule has 1 saturated carbocycles. The molecule has 8 nitrogen and oxygen atoms in total. The maximum atomic E-state index is 13.8. The molecule has 2 aliphatic heterocycles. The molecule has 206 valence electrons. The van der Waals surface area contributed by atoms with E-state index in [4.69, 9.17) is 9.26 Å². The zero-order chi connectivity index (χ0) is 26.8. The molecule has 3 aliphatic rings. The van der Waals surface area contributed by atoms with Crippen molar-refractivity contribution in [2.75, 3.05) is 26.2 Å². The lowest BCUT2D eigenvalue weighted by Gasteiger charge is -2.42. The van der Waals surface area contributed by atoms with Gasteiger partial charge in [0.2, 0.25) is 5.91 Å². The Balaban J connectivity index is 1.16. The maximum Gasteiger partial charge on any atom is 0.259 e. The van der Waals surface area contributed by atoms with E-state index in [9.17, 15) is 9.59 Å². The van der Waals surface area contributed by atoms with Crippen LogP contribution in [-0.2, 0) is 11.2 Å². The Morgan fingerprint density at radius 1 is 1.08 bits per heavy atom. The van der Waals surface area contributed by atoms with Gasteiger partial charge in [-0.25, -0.2) is 4.98 Å². The van der Waals surface area contributed by atoms with Crippen LogP contribution in [0.5, 0.6) is 5.75 Å². The first-order valence-corrected chi connectivity index (χ1v) is 14.5. The number of ether oxygens (including phenoxy) is 1. The van der Waals surface area contributed by atoms with E-state index in [0.29, 0.717) is 62.0 Å². The number of nitrogens with one attached hydrogen (secondary N) is 1. The summed E-state index contributed by atoms with van der Waals surface area (Å²) in [6.45, 7) is 4.44. The molecule has 2 amide bonds. The second-order valence-corrected chi connectivity index (χ2v) is 11.7. The third-order valence-corrected chi connectivity index (χ3v) is 8.82. The monoisotopic (exact) mass is 530 g/mol. The molecular weight excluding hydrogens is 492 g/mol. The number of pyridine rings is 1. The molecule has 1 aliphatic carbocycles. The lowest BCUT2D eigenvalue weighted by atomic mass is 9.74. The minimum absolute atomic E-state index is 0.00637. The summed E-state index contributed by atoms with van der Waals surface area (Å²) in [5, 5.41) is 8.06. The van der Waals surface area contributed by atoms with Crippen LogP contribution in [0, 0.1) is 12.3 Å². The summed E-state index contributed by atoms with van der Waals surface area (Å²) in [5.41, 5.74) is 4.03. The predicted molar refractivity (Wildman–Crippen MR) is 148 cm³/mol. The van der Waals surface area contributed by atoms with Crippen LogP contribution in [0.4, 0.5) is 0 Å². The van der Waals surface area contributed by atoms with Crippen molar-refractivity contribution >= 4 is 22.9 Å². The first kappa shape index (κ1) is 25.8. The average Bonchev–Trinajstić information content (AvgIpc) is 3.75. The van der Waals surface area contributed by atoms with Crippen molar-refractivity contribution in [3.63, 3.8) is 0 Å². The van der Waals surface area contributed by atoms with Crippen LogP contribution < -0.4 is 10.1 Å². The molecule has 1 saturated heterocycles. The van der Waals surface area contributed by atoms with E-state index in [0.717, 1.165) is 68.2 Å². The molecule has 6 rings (SSSR count). The van der Waals surface area contributed by atoms with Gasteiger partial charge in [-0.1, -0.05) is 29.8 Å². The van der Waals surface area contributed by atoms with Crippen LogP contribution in [0.3, 0.4) is 0 Å². The highest BCUT2D eigenvalue weighted by atomic mass is 16.5. The van der Waals surface area contributed by atoms with Crippen LogP contribution in [0.15, 0.2) is 34.9 Å². The summed E-state index contributed by atoms with van der Waals surface area (Å²) >= 11 is 0. The molecule has 0 atom stereocenters. The number of hydrogen-bond donors (Lipinski definition) is 1. The van der Waals surface area contributed by atoms with Crippen molar-refractivity contribution in [1.82, 2.24) is 20.4 Å². The predicted octanol–water partition coefficient (Wildman–Crippen LogP) is 5.33. The molecule has 8 heteroatoms. The molecule has 1 aromatic carbocycles. The Kier molecular flexibility index (Phi) is 7.28. The van der Waals surface area contributed by atoms with Gasteiger partial charge in [0.15, 0.2) is 0 Å². The summed E-state index contributed by atoms with van der Waals surface area (Å²) in [6, 6.07) is 10.2. The zero-order valence-corrected chi connectivity index (χ0v) is 22.8. The molecule has 4 heterocycles. The molecule has 3 aromatic rings. The van der Waals surface area contributed by atoms with Gasteiger partial charge in [-0.05, 0) is 81.4 Å². The van der Waals surface area contributed by atoms with Crippen LogP contribution in [0.25, 0.3) is 11.1 Å². The number of rotatable bonds is 2. The normalized spacial score (nSPS) is 20.6. The third-order valence-electron chi connectivity index (χ3n) is 8.82. The van der Waals surface area contributed by atoms with Crippen LogP contribution in [0.1, 0.15) is 91.0 Å². The van der Waals surface area contributed by atoms with Crippen LogP contribution in [0.2, 0.25) is 0 Å². The number of likely N-dealkylation sites (tertiary alicyclic amines) is 1. The Hall–Kier alpha value is -3.42. The van der Waals surface area contributed by atoms with Crippen molar-refractivity contribution in [3.05, 3.63) is 52.8 Å². The molecule has 2 aromatic heterocycles. The Morgan fingerprint density at radius 2 is 1.90 bits per heavy atom. The number of nitrogens with zero attached hydrogens (tertiary/aromatic N) is 3. The largest absolute Gasteiger partial charge is 0.493 e. The fourth-order valence-electron chi connectivity index (χ4n) is 6.20. The maximum absolute atomic E-state index is 13.8. The van der Waals surface area contributed by atoms with Crippen molar-refractivity contribution in [1.29, 1.82) is 0 Å². The standard InChI is InChI=1S/C31H38N4O4/c1-21-28-24(19-25(22-11-12-22)33-29(28)39-34-21)30(37)35-16-14-31(15-17-35)13-5-4-8-23-7-2-3-9-26(23)38-18-6-10-27(36)32-20-31/h2-3,7,9,19,22H,4-6,8,10-18,20H2,1H3,(H,32,36). The molecule has 0 radical (unpaired) electrons. The number of fused-ring (bicyclic) bond motifs is 2. The first-order chi connectivity index (χ1) is 19.0. The van der Waals surface area contributed by atoms with E-state index in [1.165, 1.54) is 5.56 Å². The summed E-state index contributed by atoms with van der Waals surface area (Å²) in [7, 11) is 0. The smallest absolute Gasteiger partial charge is 0.259 e. The number of para-hydroxylation sites is 1. The second-order valence-electron chi connectivity index (χ2n) is 11.7. The highest BCUT2D eigenvalue weighted by Crippen LogP contribution is 2.41. The van der Waals surface area contributed by atoms with Crippen molar-refractivity contribution in [3.8, 4) is 5.75 Å². The number of aryl methyl sites for hydroxylation is 2. The molecule has 1 spiro atoms. The first-order valence-electron chi connectivity index (χ1n) is 14.5. The van der Waals surface area contributed by atoms with Gasteiger partial charge in [-0.3, -0.25) is 9.59 Å². The van der Waals surface area contributed by atoms with Gasteiger partial charge in [-0.15, -0.1) is 0 Å². The van der Waals surface area contributed by atoms with E-state index in [1.807, 2.05) is 30.0 Å². The SMILES string of the molecule is Cc1noc2nc(C3CC3)cc(C(=O)N3CCC4(CCCCc5ccccc5OCCCC(=O)NC4)CC3)c12. The van der Waals surface area contributed by atoms with Crippen molar-refractivity contribution in [2.45, 2.75) is 77.0 Å². The quantitative estimate of drug-likeness (QED) is 0.481. The van der Waals surface area contributed by atoms with Gasteiger partial charge in [0.05, 0.1) is 23.3 Å². The van der Waals surface area contributed by atoms with Gasteiger partial charge < -0.3 is 19.5 Å². The zero-order valence-electron chi connectivity index (χ0n) is 22.8. The summed E-state index contributed by atoms with van der Waals surface area (Å²) in [5.74, 6) is 1.47. The number of benzene rings is 1. The highest BCUT2D eigenvalue weighted by Gasteiger charge is 2.37. The summed E-state index contributed by atoms with van der Waals surface area (Å²) < 4.78 is 11.5. The average molecular weight is 531 g/mol. The van der Waals surface area contributed by atoms with Crippen molar-refractivity contribution < 1.29 is 18.8 Å². The number of carbonyl (C=O) groups is 2. The van der Waals surface area contributed by atoms with Gasteiger partial charge in [0.1, 0.15) is 5.75 Å². The van der Waals surface area contributed by atoms with Crippen molar-refractivity contribution in [2.24, 2.45) is 5.41 Å². The number of aromatic nitrogens is 2. The number of piperidine rings is 1. The number of amides is 2.